The number of morpholine rings is 1. The number of hydrogen-bond donors (Lipinski definition) is 0. The smallest absolute Gasteiger partial charge is 0.341 e. The Labute approximate surface area is 169 Å². The van der Waals surface area contributed by atoms with Gasteiger partial charge in [-0.15, -0.1) is 0 Å². The monoisotopic (exact) mass is 428 g/mol. The number of hydrogen-bond acceptors (Lipinski definition) is 6. The summed E-state index contributed by atoms with van der Waals surface area (Å²) in [5, 5.41) is 0. The number of nitrogens with zero attached hydrogens (tertiary/aromatic N) is 2. The lowest BCUT2D eigenvalue weighted by Crippen LogP contribution is -2.40. The highest BCUT2D eigenvalue weighted by molar-refractivity contribution is 7.89. The normalized spacial score (nSPS) is 15.0. The number of esters is 1. The summed E-state index contributed by atoms with van der Waals surface area (Å²) in [6.45, 7) is 8.24. The van der Waals surface area contributed by atoms with Crippen molar-refractivity contribution in [2.75, 3.05) is 46.0 Å². The highest BCUT2D eigenvalue weighted by atomic mass is 32.2. The summed E-state index contributed by atoms with van der Waals surface area (Å²) in [5.74, 6) is -2.50. The van der Waals surface area contributed by atoms with Crippen molar-refractivity contribution < 1.29 is 31.9 Å². The van der Waals surface area contributed by atoms with Crippen LogP contribution in [0.5, 0.6) is 0 Å². The molecule has 1 aromatic rings. The van der Waals surface area contributed by atoms with Crippen LogP contribution >= 0.6 is 0 Å². The number of likely N-dealkylation sites (N-methyl/N-ethyl adjacent to an activating group) is 1. The molecule has 29 heavy (non-hydrogen) atoms. The van der Waals surface area contributed by atoms with E-state index in [4.69, 9.17) is 9.47 Å². The van der Waals surface area contributed by atoms with Crippen molar-refractivity contribution in [3.8, 4) is 0 Å². The standard InChI is InChI=1S/C19H25FN2O6S/c1-4-21(12-14(2)3)18(23)13-28-19(24)16-11-15(5-6-17(16)20)29(25,26)22-7-9-27-10-8-22/h5-6,11H,2,4,7-10,12-13H2,1,3H3. The molecule has 0 unspecified atom stereocenters. The van der Waals surface area contributed by atoms with Crippen molar-refractivity contribution in [1.82, 2.24) is 9.21 Å². The van der Waals surface area contributed by atoms with Crippen molar-refractivity contribution in [3.63, 3.8) is 0 Å². The molecular formula is C19H25FN2O6S. The highest BCUT2D eigenvalue weighted by Crippen LogP contribution is 2.21. The number of sulfonamides is 1. The Balaban J connectivity index is 2.13. The molecule has 1 aromatic carbocycles. The highest BCUT2D eigenvalue weighted by Gasteiger charge is 2.28. The van der Waals surface area contributed by atoms with Crippen molar-refractivity contribution in [2.24, 2.45) is 0 Å². The van der Waals surface area contributed by atoms with Gasteiger partial charge in [0.1, 0.15) is 5.82 Å². The maximum absolute atomic E-state index is 14.1. The van der Waals surface area contributed by atoms with Crippen molar-refractivity contribution in [3.05, 3.63) is 41.7 Å². The number of carbonyl (C=O) groups is 2. The quantitative estimate of drug-likeness (QED) is 0.459. The Hall–Kier alpha value is -2.30. The molecule has 0 bridgehead atoms. The summed E-state index contributed by atoms with van der Waals surface area (Å²) in [5.41, 5.74) is 0.216. The zero-order valence-electron chi connectivity index (χ0n) is 16.5. The van der Waals surface area contributed by atoms with Gasteiger partial charge in [0.15, 0.2) is 6.61 Å². The molecule has 0 spiro atoms. The van der Waals surface area contributed by atoms with E-state index in [1.165, 1.54) is 9.21 Å². The molecule has 0 atom stereocenters. The second kappa shape index (κ2) is 9.95. The topological polar surface area (TPSA) is 93.2 Å². The molecule has 0 N–H and O–H groups in total. The van der Waals surface area contributed by atoms with Crippen LogP contribution in [0.1, 0.15) is 24.2 Å². The molecule has 0 aromatic heterocycles. The molecule has 1 fully saturated rings. The third-order valence-electron chi connectivity index (χ3n) is 4.29. The van der Waals surface area contributed by atoms with E-state index in [0.29, 0.717) is 13.1 Å². The molecular weight excluding hydrogens is 403 g/mol. The van der Waals surface area contributed by atoms with E-state index in [1.54, 1.807) is 13.8 Å². The van der Waals surface area contributed by atoms with Crippen molar-refractivity contribution in [1.29, 1.82) is 0 Å². The summed E-state index contributed by atoms with van der Waals surface area (Å²) in [4.78, 5) is 25.7. The second-order valence-corrected chi connectivity index (χ2v) is 8.54. The zero-order chi connectivity index (χ0) is 21.6. The number of benzene rings is 1. The molecule has 10 heteroatoms. The largest absolute Gasteiger partial charge is 0.452 e. The molecule has 1 aliphatic rings. The van der Waals surface area contributed by atoms with E-state index in [1.807, 2.05) is 0 Å². The molecule has 160 valence electrons. The van der Waals surface area contributed by atoms with Gasteiger partial charge in [0.05, 0.1) is 23.7 Å². The van der Waals surface area contributed by atoms with Gasteiger partial charge in [-0.25, -0.2) is 17.6 Å². The molecule has 0 radical (unpaired) electrons. The van der Waals surface area contributed by atoms with E-state index in [0.717, 1.165) is 23.8 Å². The van der Waals surface area contributed by atoms with Crippen LogP contribution in [-0.4, -0.2) is 75.5 Å². The van der Waals surface area contributed by atoms with Gasteiger partial charge in [-0.2, -0.15) is 4.31 Å². The number of amides is 1. The Morgan fingerprint density at radius 2 is 1.97 bits per heavy atom. The Bertz CT molecular complexity index is 881. The second-order valence-electron chi connectivity index (χ2n) is 6.60. The summed E-state index contributed by atoms with van der Waals surface area (Å²) < 4.78 is 50.8. The predicted octanol–water partition coefficient (Wildman–Crippen LogP) is 1.43. The Kier molecular flexibility index (Phi) is 7.88. The summed E-state index contributed by atoms with van der Waals surface area (Å²) in [6.07, 6.45) is 0. The first-order valence-corrected chi connectivity index (χ1v) is 10.6. The van der Waals surface area contributed by atoms with Crippen LogP contribution < -0.4 is 0 Å². The van der Waals surface area contributed by atoms with Crippen LogP contribution in [0.25, 0.3) is 0 Å². The number of carbonyl (C=O) groups excluding carboxylic acids is 2. The van der Waals surface area contributed by atoms with E-state index in [2.05, 4.69) is 6.58 Å². The molecule has 8 nitrogen and oxygen atoms in total. The first-order chi connectivity index (χ1) is 13.7. The summed E-state index contributed by atoms with van der Waals surface area (Å²) >= 11 is 0. The average molecular weight is 428 g/mol. The van der Waals surface area contributed by atoms with E-state index < -0.39 is 39.9 Å². The van der Waals surface area contributed by atoms with Gasteiger partial charge < -0.3 is 14.4 Å². The number of halogens is 1. The maximum atomic E-state index is 14.1. The molecule has 2 rings (SSSR count). The minimum Gasteiger partial charge on any atom is -0.452 e. The summed E-state index contributed by atoms with van der Waals surface area (Å²) in [7, 11) is -3.90. The van der Waals surface area contributed by atoms with Crippen LogP contribution in [0.4, 0.5) is 4.39 Å². The van der Waals surface area contributed by atoms with Crippen LogP contribution in [0.15, 0.2) is 35.2 Å². The fourth-order valence-electron chi connectivity index (χ4n) is 2.76. The van der Waals surface area contributed by atoms with Crippen molar-refractivity contribution in [2.45, 2.75) is 18.7 Å². The minimum absolute atomic E-state index is 0.170. The van der Waals surface area contributed by atoms with Gasteiger partial charge in [-0.05, 0) is 32.0 Å². The lowest BCUT2D eigenvalue weighted by molar-refractivity contribution is -0.133. The fourth-order valence-corrected chi connectivity index (χ4v) is 4.19. The molecule has 0 saturated carbocycles. The average Bonchev–Trinajstić information content (AvgIpc) is 2.70. The maximum Gasteiger partial charge on any atom is 0.341 e. The van der Waals surface area contributed by atoms with Crippen LogP contribution in [0.2, 0.25) is 0 Å². The zero-order valence-corrected chi connectivity index (χ0v) is 17.3. The molecule has 1 amide bonds. The molecule has 1 aliphatic heterocycles. The van der Waals surface area contributed by atoms with Gasteiger partial charge in [0.25, 0.3) is 5.91 Å². The van der Waals surface area contributed by atoms with Gasteiger partial charge in [0.2, 0.25) is 10.0 Å². The molecule has 1 saturated heterocycles. The Morgan fingerprint density at radius 1 is 1.31 bits per heavy atom. The Morgan fingerprint density at radius 3 is 2.55 bits per heavy atom. The van der Waals surface area contributed by atoms with Crippen molar-refractivity contribution >= 4 is 21.9 Å². The van der Waals surface area contributed by atoms with E-state index in [9.17, 15) is 22.4 Å². The number of ether oxygens (including phenoxy) is 2. The van der Waals surface area contributed by atoms with Crippen LogP contribution in [0.3, 0.4) is 0 Å². The van der Waals surface area contributed by atoms with E-state index in [-0.39, 0.29) is 31.2 Å². The SMILES string of the molecule is C=C(C)CN(CC)C(=O)COC(=O)c1cc(S(=O)(=O)N2CCOCC2)ccc1F. The predicted molar refractivity (Wildman–Crippen MR) is 103 cm³/mol. The van der Waals surface area contributed by atoms with Crippen LogP contribution in [-0.2, 0) is 24.3 Å². The third-order valence-corrected chi connectivity index (χ3v) is 6.18. The molecule has 1 heterocycles. The number of rotatable bonds is 8. The van der Waals surface area contributed by atoms with E-state index >= 15 is 0 Å². The minimum atomic E-state index is -3.90. The van der Waals surface area contributed by atoms with Crippen LogP contribution in [0, 0.1) is 5.82 Å². The first-order valence-electron chi connectivity index (χ1n) is 9.13. The lowest BCUT2D eigenvalue weighted by atomic mass is 10.2. The van der Waals surface area contributed by atoms with Gasteiger partial charge in [-0.3, -0.25) is 4.79 Å². The molecule has 0 aliphatic carbocycles. The lowest BCUT2D eigenvalue weighted by Gasteiger charge is -2.26. The van der Waals surface area contributed by atoms with Gasteiger partial charge in [0, 0.05) is 26.2 Å². The third kappa shape index (κ3) is 5.84. The fraction of sp³-hybridized carbons (Fsp3) is 0.474. The van der Waals surface area contributed by atoms with Gasteiger partial charge in [-0.1, -0.05) is 12.2 Å². The summed E-state index contributed by atoms with van der Waals surface area (Å²) in [6, 6.07) is 2.91. The first kappa shape index (κ1) is 23.0. The van der Waals surface area contributed by atoms with Gasteiger partial charge >= 0.3 is 5.97 Å².